The van der Waals surface area contributed by atoms with Crippen LogP contribution in [-0.2, 0) is 0 Å². The lowest BCUT2D eigenvalue weighted by Gasteiger charge is -2.26. The Balaban J connectivity index is 1.35. The molecule has 0 spiro atoms. The van der Waals surface area contributed by atoms with Crippen LogP contribution in [0.1, 0.15) is 51.5 Å². The molecule has 3 atom stereocenters. The lowest BCUT2D eigenvalue weighted by atomic mass is 9.95. The van der Waals surface area contributed by atoms with Gasteiger partial charge in [-0.1, -0.05) is 127 Å². The quantitative estimate of drug-likeness (QED) is 0.208. The molecule has 6 bridgehead atoms. The molecular weight excluding hydrogens is 510 g/mol. The van der Waals surface area contributed by atoms with Gasteiger partial charge in [-0.2, -0.15) is 0 Å². The van der Waals surface area contributed by atoms with E-state index < -0.39 is 0 Å². The maximum Gasteiger partial charge on any atom is 0.0767 e. The van der Waals surface area contributed by atoms with Crippen molar-refractivity contribution in [1.29, 1.82) is 0 Å². The normalized spacial score (nSPS) is 17.9. The third-order valence-corrected chi connectivity index (χ3v) is 8.06. The van der Waals surface area contributed by atoms with Crippen molar-refractivity contribution < 1.29 is 0 Å². The highest BCUT2D eigenvalue weighted by Gasteiger charge is 2.19. The summed E-state index contributed by atoms with van der Waals surface area (Å²) < 4.78 is 0. The molecule has 4 aliphatic heterocycles. The molecule has 10 rings (SSSR count). The van der Waals surface area contributed by atoms with Crippen LogP contribution in [0, 0.1) is 0 Å². The molecule has 3 nitrogen and oxygen atoms in total. The minimum atomic E-state index is 0.0183. The van der Waals surface area contributed by atoms with E-state index in [2.05, 4.69) is 180 Å². The van der Waals surface area contributed by atoms with Crippen molar-refractivity contribution in [3.8, 4) is 0 Å². The first-order valence-corrected chi connectivity index (χ1v) is 14.5. The minimum absolute atomic E-state index is 0.0183. The lowest BCUT2D eigenvalue weighted by molar-refractivity contribution is 0.917. The summed E-state index contributed by atoms with van der Waals surface area (Å²) in [5.74, 6) is 0. The lowest BCUT2D eigenvalue weighted by Crippen LogP contribution is -2.16. The Hall–Kier alpha value is -5.28. The number of benzene rings is 6. The number of anilines is 3. The summed E-state index contributed by atoms with van der Waals surface area (Å²) in [6.07, 6.45) is 0. The first-order valence-electron chi connectivity index (χ1n) is 14.5. The van der Waals surface area contributed by atoms with E-state index in [0.29, 0.717) is 0 Å². The fraction of sp³-hybridized carbons (Fsp3) is 0.0769. The standard InChI is InChI=1S/C39H33N3/c1-4-10-28(11-5-1)37-31-16-22-35(23-17-31)41-39(30-14-8-3-9-15-30)33-20-26-36(27-21-33)42-38(29-12-6-2-7-13-29)32-18-24-34(40-37)25-19-32/h1-27,37-42H. The molecule has 0 aromatic heterocycles. The summed E-state index contributed by atoms with van der Waals surface area (Å²) in [6, 6.07) is 58.5. The van der Waals surface area contributed by atoms with Gasteiger partial charge in [-0.25, -0.2) is 0 Å². The highest BCUT2D eigenvalue weighted by atomic mass is 14.9. The summed E-state index contributed by atoms with van der Waals surface area (Å²) in [6.45, 7) is 0. The molecule has 6 aromatic rings. The van der Waals surface area contributed by atoms with Crippen LogP contribution in [0.15, 0.2) is 164 Å². The van der Waals surface area contributed by atoms with E-state index in [1.807, 2.05) is 0 Å². The van der Waals surface area contributed by atoms with E-state index >= 15 is 0 Å². The van der Waals surface area contributed by atoms with Crippen LogP contribution in [-0.4, -0.2) is 0 Å². The Labute approximate surface area is 247 Å². The molecule has 0 aliphatic carbocycles. The zero-order chi connectivity index (χ0) is 28.1. The second kappa shape index (κ2) is 11.7. The van der Waals surface area contributed by atoms with Crippen LogP contribution in [0.2, 0.25) is 0 Å². The topological polar surface area (TPSA) is 36.1 Å². The highest BCUT2D eigenvalue weighted by Crippen LogP contribution is 2.34. The number of nitrogens with one attached hydrogen (secondary N) is 3. The van der Waals surface area contributed by atoms with Crippen LogP contribution in [0.5, 0.6) is 0 Å². The average Bonchev–Trinajstić information content (AvgIpc) is 3.07. The van der Waals surface area contributed by atoms with Gasteiger partial charge < -0.3 is 16.0 Å². The summed E-state index contributed by atoms with van der Waals surface area (Å²) in [5.41, 5.74) is 10.5. The number of fused-ring (bicyclic) bond motifs is 3. The van der Waals surface area contributed by atoms with Crippen LogP contribution < -0.4 is 16.0 Å². The first-order chi connectivity index (χ1) is 20.8. The SMILES string of the molecule is c1ccc(C2Nc3ccc(cc3)C(c3ccccc3)Nc3ccc(cc3)C(c3ccccc3)Nc3ccc2cc3)cc1. The predicted octanol–water partition coefficient (Wildman–Crippen LogP) is 9.60. The molecule has 3 N–H and O–H groups in total. The van der Waals surface area contributed by atoms with Crippen molar-refractivity contribution in [2.45, 2.75) is 18.1 Å². The Morgan fingerprint density at radius 2 is 0.452 bits per heavy atom. The van der Waals surface area contributed by atoms with Crippen molar-refractivity contribution in [3.05, 3.63) is 197 Å². The number of hydrogen-bond donors (Lipinski definition) is 3. The Morgan fingerprint density at radius 3 is 0.690 bits per heavy atom. The van der Waals surface area contributed by atoms with E-state index in [-0.39, 0.29) is 18.1 Å². The van der Waals surface area contributed by atoms with Gasteiger partial charge in [0.05, 0.1) is 18.1 Å². The van der Waals surface area contributed by atoms with E-state index in [4.69, 9.17) is 0 Å². The van der Waals surface area contributed by atoms with Crippen molar-refractivity contribution in [2.75, 3.05) is 16.0 Å². The van der Waals surface area contributed by atoms with Gasteiger partial charge in [-0.05, 0) is 69.8 Å². The van der Waals surface area contributed by atoms with E-state index in [0.717, 1.165) is 17.1 Å². The summed E-state index contributed by atoms with van der Waals surface area (Å²) >= 11 is 0. The molecular formula is C39H33N3. The van der Waals surface area contributed by atoms with Gasteiger partial charge in [0.25, 0.3) is 0 Å². The molecule has 0 radical (unpaired) electrons. The zero-order valence-corrected chi connectivity index (χ0v) is 23.3. The Bertz CT molecular complexity index is 1500. The second-order valence-electron chi connectivity index (χ2n) is 10.8. The monoisotopic (exact) mass is 543 g/mol. The Morgan fingerprint density at radius 1 is 0.238 bits per heavy atom. The zero-order valence-electron chi connectivity index (χ0n) is 23.3. The first kappa shape index (κ1) is 25.7. The molecule has 3 heteroatoms. The Kier molecular flexibility index (Phi) is 7.14. The van der Waals surface area contributed by atoms with E-state index in [1.54, 1.807) is 0 Å². The third-order valence-electron chi connectivity index (χ3n) is 8.06. The average molecular weight is 544 g/mol. The second-order valence-corrected chi connectivity index (χ2v) is 10.8. The van der Waals surface area contributed by atoms with Gasteiger partial charge in [-0.3, -0.25) is 0 Å². The molecule has 0 amide bonds. The van der Waals surface area contributed by atoms with Crippen molar-refractivity contribution >= 4 is 17.1 Å². The van der Waals surface area contributed by atoms with Gasteiger partial charge in [0, 0.05) is 17.1 Å². The maximum absolute atomic E-state index is 3.81. The van der Waals surface area contributed by atoms with Gasteiger partial charge in [0.2, 0.25) is 0 Å². The minimum Gasteiger partial charge on any atom is -0.374 e. The van der Waals surface area contributed by atoms with Crippen LogP contribution in [0.3, 0.4) is 0 Å². The maximum atomic E-state index is 3.81. The fourth-order valence-corrected chi connectivity index (χ4v) is 5.83. The van der Waals surface area contributed by atoms with Crippen LogP contribution >= 0.6 is 0 Å². The molecule has 0 fully saturated rings. The smallest absolute Gasteiger partial charge is 0.0767 e. The fourth-order valence-electron chi connectivity index (χ4n) is 5.83. The number of hydrogen-bond acceptors (Lipinski definition) is 3. The molecule has 42 heavy (non-hydrogen) atoms. The largest absolute Gasteiger partial charge is 0.374 e. The van der Waals surface area contributed by atoms with Crippen molar-refractivity contribution in [1.82, 2.24) is 0 Å². The number of rotatable bonds is 3. The summed E-state index contributed by atoms with van der Waals surface area (Å²) in [4.78, 5) is 0. The highest BCUT2D eigenvalue weighted by molar-refractivity contribution is 5.57. The molecule has 0 saturated carbocycles. The molecule has 4 heterocycles. The predicted molar refractivity (Wildman–Crippen MR) is 175 cm³/mol. The van der Waals surface area contributed by atoms with Gasteiger partial charge in [0.15, 0.2) is 0 Å². The van der Waals surface area contributed by atoms with Crippen LogP contribution in [0.4, 0.5) is 17.1 Å². The molecule has 0 saturated heterocycles. The summed E-state index contributed by atoms with van der Waals surface area (Å²) in [5, 5.41) is 11.4. The van der Waals surface area contributed by atoms with Gasteiger partial charge in [0.1, 0.15) is 0 Å². The molecule has 4 aliphatic rings. The van der Waals surface area contributed by atoms with Gasteiger partial charge >= 0.3 is 0 Å². The summed E-state index contributed by atoms with van der Waals surface area (Å²) in [7, 11) is 0. The molecule has 3 unspecified atom stereocenters. The van der Waals surface area contributed by atoms with E-state index in [9.17, 15) is 0 Å². The van der Waals surface area contributed by atoms with Crippen molar-refractivity contribution in [3.63, 3.8) is 0 Å². The van der Waals surface area contributed by atoms with Gasteiger partial charge in [-0.15, -0.1) is 0 Å². The molecule has 204 valence electrons. The van der Waals surface area contributed by atoms with Crippen molar-refractivity contribution in [2.24, 2.45) is 0 Å². The van der Waals surface area contributed by atoms with Crippen LogP contribution in [0.25, 0.3) is 0 Å². The third kappa shape index (κ3) is 5.50. The van der Waals surface area contributed by atoms with E-state index in [1.165, 1.54) is 33.4 Å². The molecule has 6 aromatic carbocycles.